The Morgan fingerprint density at radius 2 is 2.05 bits per heavy atom. The number of rotatable bonds is 4. The van der Waals surface area contributed by atoms with Gasteiger partial charge in [0.2, 0.25) is 5.91 Å². The van der Waals surface area contributed by atoms with Crippen molar-refractivity contribution in [2.75, 3.05) is 23.3 Å². The van der Waals surface area contributed by atoms with Crippen LogP contribution in [0.2, 0.25) is 0 Å². The first kappa shape index (κ1) is 14.9. The van der Waals surface area contributed by atoms with Crippen LogP contribution in [0.25, 0.3) is 0 Å². The molecule has 1 amide bonds. The largest absolute Gasteiger partial charge is 0.478 e. The zero-order valence-corrected chi connectivity index (χ0v) is 12.8. The third-order valence-corrected chi connectivity index (χ3v) is 4.46. The summed E-state index contributed by atoms with van der Waals surface area (Å²) >= 11 is 0. The Bertz CT molecular complexity index is 596. The van der Waals surface area contributed by atoms with Crippen molar-refractivity contribution in [3.63, 3.8) is 0 Å². The highest BCUT2D eigenvalue weighted by atomic mass is 16.4. The van der Waals surface area contributed by atoms with Gasteiger partial charge in [-0.3, -0.25) is 4.79 Å². The second kappa shape index (κ2) is 5.99. The molecule has 0 bridgehead atoms. The lowest BCUT2D eigenvalue weighted by Gasteiger charge is -2.33. The van der Waals surface area contributed by atoms with Crippen molar-refractivity contribution >= 4 is 23.3 Å². The average molecular weight is 302 g/mol. The van der Waals surface area contributed by atoms with Crippen LogP contribution in [0.15, 0.2) is 18.2 Å². The number of nitrogens with one attached hydrogen (secondary N) is 1. The van der Waals surface area contributed by atoms with Crippen LogP contribution in [0, 0.1) is 11.8 Å². The fourth-order valence-electron chi connectivity index (χ4n) is 3.02. The highest BCUT2D eigenvalue weighted by Gasteiger charge is 2.30. The first-order valence-corrected chi connectivity index (χ1v) is 7.97. The maximum atomic E-state index is 11.9. The third kappa shape index (κ3) is 3.24. The monoisotopic (exact) mass is 302 g/mol. The third-order valence-electron chi connectivity index (χ3n) is 4.46. The number of carboxylic acids is 1. The fourth-order valence-corrected chi connectivity index (χ4v) is 3.02. The molecule has 2 aliphatic rings. The lowest BCUT2D eigenvalue weighted by Crippen LogP contribution is -2.34. The number of carbonyl (C=O) groups is 2. The Morgan fingerprint density at radius 1 is 1.27 bits per heavy atom. The number of amides is 1. The highest BCUT2D eigenvalue weighted by molar-refractivity contribution is 6.02. The quantitative estimate of drug-likeness (QED) is 0.897. The van der Waals surface area contributed by atoms with Gasteiger partial charge < -0.3 is 15.3 Å². The Labute approximate surface area is 130 Å². The summed E-state index contributed by atoms with van der Waals surface area (Å²) in [6.07, 6.45) is 4.15. The summed E-state index contributed by atoms with van der Waals surface area (Å²) in [6.45, 7) is 4.12. The predicted octanol–water partition coefficient (Wildman–Crippen LogP) is 2.97. The molecule has 1 saturated carbocycles. The first-order valence-electron chi connectivity index (χ1n) is 7.97. The van der Waals surface area contributed by atoms with Crippen molar-refractivity contribution < 1.29 is 14.7 Å². The number of benzene rings is 1. The van der Waals surface area contributed by atoms with Crippen molar-refractivity contribution in [3.8, 4) is 0 Å². The summed E-state index contributed by atoms with van der Waals surface area (Å²) in [4.78, 5) is 25.6. The molecule has 1 aliphatic heterocycles. The molecule has 2 fully saturated rings. The van der Waals surface area contributed by atoms with E-state index in [2.05, 4.69) is 17.1 Å². The van der Waals surface area contributed by atoms with Crippen LogP contribution in [-0.2, 0) is 4.79 Å². The lowest BCUT2D eigenvalue weighted by atomic mass is 9.99. The number of anilines is 2. The van der Waals surface area contributed by atoms with Gasteiger partial charge in [0.05, 0.1) is 11.3 Å². The Morgan fingerprint density at radius 3 is 2.68 bits per heavy atom. The minimum atomic E-state index is -1.00. The van der Waals surface area contributed by atoms with E-state index in [0.29, 0.717) is 11.6 Å². The number of hydrogen-bond acceptors (Lipinski definition) is 3. The molecule has 5 heteroatoms. The SMILES string of the molecule is CC1CCCN(c2ccc(NC(=O)C3CC3)c(C(=O)O)c2)C1. The molecule has 0 aromatic heterocycles. The van der Waals surface area contributed by atoms with Crippen LogP contribution in [0.5, 0.6) is 0 Å². The van der Waals surface area contributed by atoms with Gasteiger partial charge in [-0.1, -0.05) is 6.92 Å². The van der Waals surface area contributed by atoms with Crippen molar-refractivity contribution in [1.82, 2.24) is 0 Å². The highest BCUT2D eigenvalue weighted by Crippen LogP contribution is 2.32. The summed E-state index contributed by atoms with van der Waals surface area (Å²) in [5.74, 6) is -0.389. The Kier molecular flexibility index (Phi) is 4.05. The number of hydrogen-bond donors (Lipinski definition) is 2. The van der Waals surface area contributed by atoms with E-state index >= 15 is 0 Å². The van der Waals surface area contributed by atoms with Gasteiger partial charge in [0, 0.05) is 24.7 Å². The molecule has 22 heavy (non-hydrogen) atoms. The molecule has 2 N–H and O–H groups in total. The van der Waals surface area contributed by atoms with Gasteiger partial charge in [0.25, 0.3) is 0 Å². The molecule has 0 spiro atoms. The van der Waals surface area contributed by atoms with E-state index in [0.717, 1.165) is 38.0 Å². The normalized spacial score (nSPS) is 21.5. The maximum absolute atomic E-state index is 11.9. The summed E-state index contributed by atoms with van der Waals surface area (Å²) in [5, 5.41) is 12.2. The average Bonchev–Trinajstić information content (AvgIpc) is 3.32. The van der Waals surface area contributed by atoms with Crippen LogP contribution in [0.4, 0.5) is 11.4 Å². The second-order valence-electron chi connectivity index (χ2n) is 6.49. The predicted molar refractivity (Wildman–Crippen MR) is 85.4 cm³/mol. The zero-order chi connectivity index (χ0) is 15.7. The standard InChI is InChI=1S/C17H22N2O3/c1-11-3-2-8-19(10-11)13-6-7-15(14(9-13)17(21)22)18-16(20)12-4-5-12/h6-7,9,11-12H,2-5,8,10H2,1H3,(H,18,20)(H,21,22). The molecular weight excluding hydrogens is 280 g/mol. The second-order valence-corrected chi connectivity index (χ2v) is 6.49. The summed E-state index contributed by atoms with van der Waals surface area (Å²) in [5.41, 5.74) is 1.50. The Hall–Kier alpha value is -2.04. The van der Waals surface area contributed by atoms with Gasteiger partial charge in [0.1, 0.15) is 0 Å². The van der Waals surface area contributed by atoms with E-state index in [9.17, 15) is 14.7 Å². The van der Waals surface area contributed by atoms with Crippen molar-refractivity contribution in [1.29, 1.82) is 0 Å². The van der Waals surface area contributed by atoms with Gasteiger partial charge >= 0.3 is 5.97 Å². The van der Waals surface area contributed by atoms with Gasteiger partial charge in [-0.05, 0) is 49.8 Å². The van der Waals surface area contributed by atoms with Crippen LogP contribution < -0.4 is 10.2 Å². The molecular formula is C17H22N2O3. The molecule has 1 aromatic rings. The molecule has 1 aliphatic carbocycles. The van der Waals surface area contributed by atoms with Crippen LogP contribution in [0.1, 0.15) is 43.0 Å². The molecule has 1 atom stereocenters. The van der Waals surface area contributed by atoms with Gasteiger partial charge in [-0.25, -0.2) is 4.79 Å². The van der Waals surface area contributed by atoms with E-state index in [4.69, 9.17) is 0 Å². The summed E-state index contributed by atoms with van der Waals surface area (Å²) < 4.78 is 0. The minimum absolute atomic E-state index is 0.0595. The van der Waals surface area contributed by atoms with Gasteiger partial charge in [0.15, 0.2) is 0 Å². The molecule has 1 aromatic carbocycles. The summed E-state index contributed by atoms with van der Waals surface area (Å²) in [7, 11) is 0. The zero-order valence-electron chi connectivity index (χ0n) is 12.8. The molecule has 0 radical (unpaired) electrons. The number of carboxylic acid groups (broad SMARTS) is 1. The number of carbonyl (C=O) groups excluding carboxylic acids is 1. The smallest absolute Gasteiger partial charge is 0.337 e. The van der Waals surface area contributed by atoms with E-state index in [1.165, 1.54) is 6.42 Å². The van der Waals surface area contributed by atoms with Crippen molar-refractivity contribution in [2.24, 2.45) is 11.8 Å². The first-order chi connectivity index (χ1) is 10.5. The Balaban J connectivity index is 1.82. The number of aromatic carboxylic acids is 1. The van der Waals surface area contributed by atoms with E-state index in [-0.39, 0.29) is 17.4 Å². The van der Waals surface area contributed by atoms with Gasteiger partial charge in [-0.2, -0.15) is 0 Å². The number of nitrogens with zero attached hydrogens (tertiary/aromatic N) is 1. The van der Waals surface area contributed by atoms with E-state index < -0.39 is 5.97 Å². The van der Waals surface area contributed by atoms with Crippen molar-refractivity contribution in [3.05, 3.63) is 23.8 Å². The molecule has 5 nitrogen and oxygen atoms in total. The minimum Gasteiger partial charge on any atom is -0.478 e. The van der Waals surface area contributed by atoms with E-state index in [1.54, 1.807) is 12.1 Å². The molecule has 118 valence electrons. The lowest BCUT2D eigenvalue weighted by molar-refractivity contribution is -0.117. The van der Waals surface area contributed by atoms with Crippen LogP contribution in [-0.4, -0.2) is 30.1 Å². The number of piperidine rings is 1. The van der Waals surface area contributed by atoms with Crippen LogP contribution >= 0.6 is 0 Å². The molecule has 3 rings (SSSR count). The van der Waals surface area contributed by atoms with E-state index in [1.807, 2.05) is 6.07 Å². The summed E-state index contributed by atoms with van der Waals surface area (Å²) in [6, 6.07) is 5.31. The topological polar surface area (TPSA) is 69.6 Å². The van der Waals surface area contributed by atoms with Crippen molar-refractivity contribution in [2.45, 2.75) is 32.6 Å². The fraction of sp³-hybridized carbons (Fsp3) is 0.529. The van der Waals surface area contributed by atoms with Gasteiger partial charge in [-0.15, -0.1) is 0 Å². The van der Waals surface area contributed by atoms with Crippen LogP contribution in [0.3, 0.4) is 0 Å². The molecule has 1 heterocycles. The molecule has 1 saturated heterocycles. The maximum Gasteiger partial charge on any atom is 0.337 e. The molecule has 1 unspecified atom stereocenters.